The van der Waals surface area contributed by atoms with Crippen molar-refractivity contribution in [2.45, 2.75) is 77.4 Å². The minimum absolute atomic E-state index is 0.511. The molecule has 0 aromatic carbocycles. The molecule has 1 saturated heterocycles. The van der Waals surface area contributed by atoms with Gasteiger partial charge < -0.3 is 20.1 Å². The highest BCUT2D eigenvalue weighted by molar-refractivity contribution is 5.80. The van der Waals surface area contributed by atoms with Crippen LogP contribution in [0.15, 0.2) is 15.6 Å². The Bertz CT molecular complexity index is 542. The third kappa shape index (κ3) is 5.21. The van der Waals surface area contributed by atoms with E-state index in [1.54, 1.807) is 0 Å². The van der Waals surface area contributed by atoms with Crippen LogP contribution in [0.2, 0.25) is 0 Å². The molecule has 0 amide bonds. The summed E-state index contributed by atoms with van der Waals surface area (Å²) in [6.07, 6.45) is 8.93. The second-order valence-corrected chi connectivity index (χ2v) is 7.23. The van der Waals surface area contributed by atoms with Gasteiger partial charge in [0.15, 0.2) is 11.7 Å². The van der Waals surface area contributed by atoms with Crippen molar-refractivity contribution >= 4 is 5.96 Å². The highest BCUT2D eigenvalue weighted by atomic mass is 16.5. The van der Waals surface area contributed by atoms with E-state index in [9.17, 15) is 0 Å². The van der Waals surface area contributed by atoms with Gasteiger partial charge in [-0.1, -0.05) is 24.9 Å². The van der Waals surface area contributed by atoms with Crippen LogP contribution < -0.4 is 10.6 Å². The zero-order valence-electron chi connectivity index (χ0n) is 15.8. The SMILES string of the molecule is CCNC(=NCc1cc(CC)no1)NC1CCN(C2CCCC2)CC1. The molecule has 2 aliphatic rings. The van der Waals surface area contributed by atoms with Crippen LogP contribution in [0.1, 0.15) is 63.8 Å². The molecular weight excluding hydrogens is 314 g/mol. The van der Waals surface area contributed by atoms with E-state index in [0.717, 1.165) is 36.4 Å². The maximum absolute atomic E-state index is 5.33. The first kappa shape index (κ1) is 18.2. The van der Waals surface area contributed by atoms with Crippen molar-refractivity contribution in [3.63, 3.8) is 0 Å². The lowest BCUT2D eigenvalue weighted by atomic mass is 10.0. The van der Waals surface area contributed by atoms with Gasteiger partial charge in [0.1, 0.15) is 6.54 Å². The zero-order valence-corrected chi connectivity index (χ0v) is 15.8. The molecule has 0 radical (unpaired) electrons. The number of nitrogens with one attached hydrogen (secondary N) is 2. The number of guanidine groups is 1. The molecule has 1 saturated carbocycles. The van der Waals surface area contributed by atoms with Crippen LogP contribution in [0.5, 0.6) is 0 Å². The normalized spacial score (nSPS) is 21.0. The van der Waals surface area contributed by atoms with Gasteiger partial charge in [-0.3, -0.25) is 0 Å². The molecule has 6 nitrogen and oxygen atoms in total. The van der Waals surface area contributed by atoms with Crippen molar-refractivity contribution in [1.29, 1.82) is 0 Å². The molecule has 3 rings (SSSR count). The number of aryl methyl sites for hydroxylation is 1. The predicted octanol–water partition coefficient (Wildman–Crippen LogP) is 2.70. The lowest BCUT2D eigenvalue weighted by Crippen LogP contribution is -2.50. The number of aliphatic imine (C=N–C) groups is 1. The lowest BCUT2D eigenvalue weighted by Gasteiger charge is -2.36. The Morgan fingerprint density at radius 1 is 1.24 bits per heavy atom. The van der Waals surface area contributed by atoms with E-state index in [4.69, 9.17) is 4.52 Å². The van der Waals surface area contributed by atoms with Gasteiger partial charge >= 0.3 is 0 Å². The van der Waals surface area contributed by atoms with Gasteiger partial charge in [-0.2, -0.15) is 0 Å². The summed E-state index contributed by atoms with van der Waals surface area (Å²) in [6.45, 7) is 8.00. The average Bonchev–Trinajstić information content (AvgIpc) is 3.32. The summed E-state index contributed by atoms with van der Waals surface area (Å²) in [6, 6.07) is 3.35. The van der Waals surface area contributed by atoms with Gasteiger partial charge in [0.25, 0.3) is 0 Å². The van der Waals surface area contributed by atoms with Gasteiger partial charge in [-0.15, -0.1) is 0 Å². The summed E-state index contributed by atoms with van der Waals surface area (Å²) in [5.41, 5.74) is 0.988. The Hall–Kier alpha value is -1.56. The summed E-state index contributed by atoms with van der Waals surface area (Å²) in [7, 11) is 0. The van der Waals surface area contributed by atoms with Crippen LogP contribution >= 0.6 is 0 Å². The fraction of sp³-hybridized carbons (Fsp3) is 0.789. The molecule has 0 unspecified atom stereocenters. The van der Waals surface area contributed by atoms with Crippen molar-refractivity contribution in [3.8, 4) is 0 Å². The van der Waals surface area contributed by atoms with Crippen LogP contribution in [0, 0.1) is 0 Å². The minimum atomic E-state index is 0.511. The number of hydrogen-bond acceptors (Lipinski definition) is 4. The highest BCUT2D eigenvalue weighted by Gasteiger charge is 2.27. The van der Waals surface area contributed by atoms with Crippen LogP contribution in [0.25, 0.3) is 0 Å². The zero-order chi connectivity index (χ0) is 17.5. The van der Waals surface area contributed by atoms with Crippen LogP contribution in [-0.2, 0) is 13.0 Å². The van der Waals surface area contributed by atoms with Gasteiger partial charge in [0, 0.05) is 37.8 Å². The molecule has 1 aromatic heterocycles. The summed E-state index contributed by atoms with van der Waals surface area (Å²) >= 11 is 0. The van der Waals surface area contributed by atoms with Crippen LogP contribution in [0.3, 0.4) is 0 Å². The first-order chi connectivity index (χ1) is 12.3. The largest absolute Gasteiger partial charge is 0.359 e. The summed E-state index contributed by atoms with van der Waals surface area (Å²) in [5.74, 6) is 1.71. The maximum atomic E-state index is 5.33. The quantitative estimate of drug-likeness (QED) is 0.612. The highest BCUT2D eigenvalue weighted by Crippen LogP contribution is 2.26. The van der Waals surface area contributed by atoms with Gasteiger partial charge in [0.05, 0.1) is 5.69 Å². The maximum Gasteiger partial charge on any atom is 0.191 e. The molecule has 2 heterocycles. The third-order valence-corrected chi connectivity index (χ3v) is 5.42. The Labute approximate surface area is 151 Å². The molecule has 1 aliphatic heterocycles. The van der Waals surface area contributed by atoms with E-state index in [2.05, 4.69) is 39.5 Å². The predicted molar refractivity (Wildman–Crippen MR) is 101 cm³/mol. The molecule has 25 heavy (non-hydrogen) atoms. The molecular formula is C19H33N5O. The number of hydrogen-bond donors (Lipinski definition) is 2. The molecule has 0 bridgehead atoms. The molecule has 1 aromatic rings. The van der Waals surface area contributed by atoms with Crippen LogP contribution in [-0.4, -0.2) is 47.7 Å². The molecule has 1 aliphatic carbocycles. The number of rotatable bonds is 6. The topological polar surface area (TPSA) is 65.7 Å². The Morgan fingerprint density at radius 3 is 2.64 bits per heavy atom. The van der Waals surface area contributed by atoms with E-state index in [1.165, 1.54) is 51.6 Å². The van der Waals surface area contributed by atoms with Crippen molar-refractivity contribution in [2.24, 2.45) is 4.99 Å². The van der Waals surface area contributed by atoms with Crippen molar-refractivity contribution in [3.05, 3.63) is 17.5 Å². The van der Waals surface area contributed by atoms with Crippen molar-refractivity contribution in [1.82, 2.24) is 20.7 Å². The van der Waals surface area contributed by atoms with E-state index < -0.39 is 0 Å². The first-order valence-electron chi connectivity index (χ1n) is 10.0. The number of likely N-dealkylation sites (tertiary alicyclic amines) is 1. The monoisotopic (exact) mass is 347 g/mol. The molecule has 2 N–H and O–H groups in total. The van der Waals surface area contributed by atoms with Crippen molar-refractivity contribution < 1.29 is 4.52 Å². The fourth-order valence-electron chi connectivity index (χ4n) is 3.95. The Morgan fingerprint density at radius 2 is 2.00 bits per heavy atom. The van der Waals surface area contributed by atoms with E-state index >= 15 is 0 Å². The van der Waals surface area contributed by atoms with Crippen molar-refractivity contribution in [2.75, 3.05) is 19.6 Å². The summed E-state index contributed by atoms with van der Waals surface area (Å²) in [4.78, 5) is 7.37. The number of aromatic nitrogens is 1. The molecule has 0 atom stereocenters. The second kappa shape index (κ2) is 9.22. The fourth-order valence-corrected chi connectivity index (χ4v) is 3.95. The molecule has 140 valence electrons. The summed E-state index contributed by atoms with van der Waals surface area (Å²) < 4.78 is 5.33. The first-order valence-corrected chi connectivity index (χ1v) is 10.0. The summed E-state index contributed by atoms with van der Waals surface area (Å²) in [5, 5.41) is 11.0. The Balaban J connectivity index is 1.48. The van der Waals surface area contributed by atoms with Gasteiger partial charge in [-0.25, -0.2) is 4.99 Å². The molecule has 0 spiro atoms. The standard InChI is InChI=1S/C19H33N5O/c1-3-15-13-18(25-23-15)14-21-19(20-4-2)22-16-9-11-24(12-10-16)17-7-5-6-8-17/h13,16-17H,3-12,14H2,1-2H3,(H2,20,21,22). The van der Waals surface area contributed by atoms with Gasteiger partial charge in [0.2, 0.25) is 0 Å². The molecule has 6 heteroatoms. The Kier molecular flexibility index (Phi) is 6.73. The number of piperidine rings is 1. The smallest absolute Gasteiger partial charge is 0.191 e. The van der Waals surface area contributed by atoms with E-state index in [1.807, 2.05) is 6.07 Å². The second-order valence-electron chi connectivity index (χ2n) is 7.23. The lowest BCUT2D eigenvalue weighted by molar-refractivity contribution is 0.150. The number of nitrogens with zero attached hydrogens (tertiary/aromatic N) is 3. The van der Waals surface area contributed by atoms with E-state index in [-0.39, 0.29) is 0 Å². The minimum Gasteiger partial charge on any atom is -0.359 e. The van der Waals surface area contributed by atoms with E-state index in [0.29, 0.717) is 12.6 Å². The van der Waals surface area contributed by atoms with Gasteiger partial charge in [-0.05, 0) is 39.0 Å². The molecule has 2 fully saturated rings. The average molecular weight is 348 g/mol. The third-order valence-electron chi connectivity index (χ3n) is 5.42. The van der Waals surface area contributed by atoms with Crippen LogP contribution in [0.4, 0.5) is 0 Å².